The molecule has 12 nitrogen and oxygen atoms in total. The second-order valence-corrected chi connectivity index (χ2v) is 12.0. The molecule has 3 aromatic carbocycles. The zero-order valence-electron chi connectivity index (χ0n) is 27.5. The Bertz CT molecular complexity index is 1840. The van der Waals surface area contributed by atoms with Crippen molar-refractivity contribution < 1.29 is 37.7 Å². The number of amides is 3. The lowest BCUT2D eigenvalue weighted by molar-refractivity contribution is -0.125. The molecule has 0 aliphatic carbocycles. The molecule has 3 amide bonds. The topological polar surface area (TPSA) is 144 Å². The molecule has 1 saturated heterocycles. The molecule has 3 aliphatic heterocycles. The highest BCUT2D eigenvalue weighted by Crippen LogP contribution is 2.30. The Kier molecular flexibility index (Phi) is 9.97. The molecule has 256 valence electrons. The van der Waals surface area contributed by atoms with Crippen molar-refractivity contribution >= 4 is 17.7 Å². The van der Waals surface area contributed by atoms with E-state index in [1.807, 2.05) is 12.1 Å². The van der Waals surface area contributed by atoms with E-state index in [1.54, 1.807) is 55.3 Å². The Morgan fingerprint density at radius 2 is 1.78 bits per heavy atom. The Balaban J connectivity index is 1.26. The predicted octanol–water partition coefficient (Wildman–Crippen LogP) is 3.96. The number of hydrogen-bond donors (Lipinski definition) is 3. The number of aromatic nitrogens is 2. The third-order valence-electron chi connectivity index (χ3n) is 8.64. The van der Waals surface area contributed by atoms with Crippen molar-refractivity contribution in [1.29, 1.82) is 0 Å². The lowest BCUT2D eigenvalue weighted by Crippen LogP contribution is -2.58. The molecule has 2 atom stereocenters. The Morgan fingerprint density at radius 3 is 2.55 bits per heavy atom. The van der Waals surface area contributed by atoms with E-state index >= 15 is 0 Å². The quantitative estimate of drug-likeness (QED) is 0.296. The van der Waals surface area contributed by atoms with Gasteiger partial charge in [-0.15, -0.1) is 0 Å². The number of likely N-dealkylation sites (tertiary alicyclic amines) is 1. The highest BCUT2D eigenvalue weighted by atomic mass is 19.1. The average Bonchev–Trinajstić information content (AvgIpc) is 3.50. The number of ether oxygens (including phenoxy) is 4. The minimum atomic E-state index is -0.607. The Hall–Kier alpha value is -5.59. The maximum atomic E-state index is 13.8. The highest BCUT2D eigenvalue weighted by Gasteiger charge is 2.36. The van der Waals surface area contributed by atoms with Gasteiger partial charge in [0.1, 0.15) is 34.9 Å². The Morgan fingerprint density at radius 1 is 0.980 bits per heavy atom. The molecule has 1 aromatic heterocycles. The zero-order valence-corrected chi connectivity index (χ0v) is 27.5. The molecule has 13 heteroatoms. The number of carbonyl (C=O) groups excluding carboxylic acids is 3. The maximum Gasteiger partial charge on any atom is 0.274 e. The van der Waals surface area contributed by atoms with Crippen LogP contribution in [0.5, 0.6) is 23.0 Å². The van der Waals surface area contributed by atoms with Gasteiger partial charge in [-0.05, 0) is 67.4 Å². The summed E-state index contributed by atoms with van der Waals surface area (Å²) < 4.78 is 36.9. The first-order valence-corrected chi connectivity index (χ1v) is 16.0. The fraction of sp³-hybridized carbons (Fsp3) is 0.333. The first-order valence-electron chi connectivity index (χ1n) is 16.0. The second kappa shape index (κ2) is 14.7. The number of rotatable bonds is 4. The van der Waals surface area contributed by atoms with Gasteiger partial charge in [0.2, 0.25) is 5.91 Å². The number of nitrogens with one attached hydrogen (secondary N) is 3. The van der Waals surface area contributed by atoms with Crippen LogP contribution in [-0.4, -0.2) is 78.7 Å². The van der Waals surface area contributed by atoms with Crippen LogP contribution >= 0.6 is 0 Å². The van der Waals surface area contributed by atoms with Gasteiger partial charge in [-0.3, -0.25) is 14.4 Å². The number of nitrogens with zero attached hydrogens (tertiary/aromatic N) is 2. The molecule has 1 fully saturated rings. The van der Waals surface area contributed by atoms with Crippen molar-refractivity contribution in [3.05, 3.63) is 89.0 Å². The summed E-state index contributed by atoms with van der Waals surface area (Å²) in [4.78, 5) is 49.2. The number of carbonyl (C=O) groups is 3. The fourth-order valence-electron chi connectivity index (χ4n) is 6.00. The molecule has 0 saturated carbocycles. The van der Waals surface area contributed by atoms with Gasteiger partial charge >= 0.3 is 0 Å². The van der Waals surface area contributed by atoms with Gasteiger partial charge in [-0.1, -0.05) is 6.07 Å². The van der Waals surface area contributed by atoms with Crippen LogP contribution < -0.4 is 29.6 Å². The van der Waals surface area contributed by atoms with Crippen LogP contribution in [0.15, 0.2) is 60.7 Å². The number of H-pyrrole nitrogens is 1. The van der Waals surface area contributed by atoms with Crippen LogP contribution in [0.2, 0.25) is 0 Å². The summed E-state index contributed by atoms with van der Waals surface area (Å²) in [5, 5.41) is 5.96. The van der Waals surface area contributed by atoms with Crippen LogP contribution in [0.4, 0.5) is 4.39 Å². The molecule has 4 heterocycles. The number of aromatic amines is 1. The van der Waals surface area contributed by atoms with E-state index in [9.17, 15) is 18.8 Å². The number of fused-ring (bicyclic) bond motifs is 9. The number of hydrogen-bond acceptors (Lipinski definition) is 8. The molecule has 4 aromatic rings. The van der Waals surface area contributed by atoms with E-state index in [2.05, 4.69) is 20.6 Å². The smallest absolute Gasteiger partial charge is 0.274 e. The molecule has 0 spiro atoms. The highest BCUT2D eigenvalue weighted by molar-refractivity contribution is 5.94. The zero-order chi connectivity index (χ0) is 34.5. The molecular weight excluding hydrogens is 633 g/mol. The average molecular weight is 672 g/mol. The van der Waals surface area contributed by atoms with Crippen molar-refractivity contribution in [1.82, 2.24) is 25.5 Å². The number of piperidine rings is 1. The van der Waals surface area contributed by atoms with Crippen LogP contribution in [0.25, 0.3) is 11.4 Å². The maximum absolute atomic E-state index is 13.8. The van der Waals surface area contributed by atoms with E-state index in [-0.39, 0.29) is 49.4 Å². The first-order chi connectivity index (χ1) is 23.7. The number of benzene rings is 3. The summed E-state index contributed by atoms with van der Waals surface area (Å²) in [6.07, 6.45) is 0.608. The van der Waals surface area contributed by atoms with Gasteiger partial charge in [0, 0.05) is 55.4 Å². The molecule has 0 radical (unpaired) electrons. The van der Waals surface area contributed by atoms with Crippen LogP contribution in [0.3, 0.4) is 0 Å². The molecule has 3 aliphatic rings. The van der Waals surface area contributed by atoms with Crippen molar-refractivity contribution in [3.63, 3.8) is 0 Å². The van der Waals surface area contributed by atoms with E-state index < -0.39 is 18.1 Å². The largest absolute Gasteiger partial charge is 0.496 e. The summed E-state index contributed by atoms with van der Waals surface area (Å²) in [6, 6.07) is 16.0. The molecule has 7 rings (SSSR count). The standard InChI is InChI=1S/C36H38FN5O7/c1-21-34(41-35(39-21)23-6-9-25(37)10-7-23)36(45)42-15-14-28-27(19-42)40-33(44)20-48-31-16-22(4-12-29(31)46-2)5-13-32(43)38-18-24-8-11-26(49-28)17-30(24)47-3/h4,6-12,16-17,27-28H,5,13-15,18-20H2,1-3H3,(H,38,43)(H,39,41)(H,40,44)/t27-,28+/m1/s1. The van der Waals surface area contributed by atoms with Gasteiger partial charge in [-0.2, -0.15) is 0 Å². The molecule has 3 N–H and O–H groups in total. The van der Waals surface area contributed by atoms with Gasteiger partial charge in [0.25, 0.3) is 11.8 Å². The second-order valence-electron chi connectivity index (χ2n) is 12.0. The van der Waals surface area contributed by atoms with Crippen LogP contribution in [0.1, 0.15) is 40.2 Å². The summed E-state index contributed by atoms with van der Waals surface area (Å²) >= 11 is 0. The summed E-state index contributed by atoms with van der Waals surface area (Å²) in [6.45, 7) is 2.20. The van der Waals surface area contributed by atoms with Crippen molar-refractivity contribution in [2.24, 2.45) is 0 Å². The normalized spacial score (nSPS) is 18.4. The number of aryl methyl sites for hydroxylation is 2. The molecular formula is C36H38FN5O7. The van der Waals surface area contributed by atoms with E-state index in [4.69, 9.17) is 18.9 Å². The predicted molar refractivity (Wildman–Crippen MR) is 177 cm³/mol. The lowest BCUT2D eigenvalue weighted by Gasteiger charge is -2.38. The van der Waals surface area contributed by atoms with E-state index in [0.717, 1.165) is 11.1 Å². The van der Waals surface area contributed by atoms with Gasteiger partial charge in [0.15, 0.2) is 18.1 Å². The van der Waals surface area contributed by atoms with E-state index in [1.165, 1.54) is 19.2 Å². The third-order valence-corrected chi connectivity index (χ3v) is 8.64. The third kappa shape index (κ3) is 7.77. The molecule has 4 bridgehead atoms. The van der Waals surface area contributed by atoms with Crippen molar-refractivity contribution in [2.75, 3.05) is 33.9 Å². The van der Waals surface area contributed by atoms with Gasteiger partial charge in [0.05, 0.1) is 20.3 Å². The minimum Gasteiger partial charge on any atom is -0.496 e. The first kappa shape index (κ1) is 33.3. The summed E-state index contributed by atoms with van der Waals surface area (Å²) in [5.74, 6) is 1.11. The summed E-state index contributed by atoms with van der Waals surface area (Å²) in [5.41, 5.74) is 3.08. The minimum absolute atomic E-state index is 0.126. The van der Waals surface area contributed by atoms with Crippen LogP contribution in [0, 0.1) is 12.7 Å². The Labute approximate surface area is 282 Å². The molecule has 49 heavy (non-hydrogen) atoms. The fourth-order valence-corrected chi connectivity index (χ4v) is 6.00. The number of methoxy groups -OCH3 is 2. The number of halogens is 1. The number of imidazole rings is 1. The van der Waals surface area contributed by atoms with Crippen molar-refractivity contribution in [2.45, 2.75) is 44.9 Å². The summed E-state index contributed by atoms with van der Waals surface area (Å²) in [7, 11) is 3.06. The van der Waals surface area contributed by atoms with Gasteiger partial charge in [-0.25, -0.2) is 9.37 Å². The van der Waals surface area contributed by atoms with Crippen LogP contribution in [-0.2, 0) is 22.6 Å². The van der Waals surface area contributed by atoms with E-state index in [0.29, 0.717) is 59.5 Å². The molecule has 0 unspecified atom stereocenters. The van der Waals surface area contributed by atoms with Gasteiger partial charge < -0.3 is 39.5 Å². The van der Waals surface area contributed by atoms with Crippen molar-refractivity contribution in [3.8, 4) is 34.4 Å². The monoisotopic (exact) mass is 671 g/mol. The SMILES string of the molecule is COc1cc2ccc1CNC(=O)CCc1ccc(OC)c(c1)OCC(=O)N[C@@H]1CN(C(=O)c3nc(-c4ccc(F)cc4)[nH]c3C)CC[C@@H]1O2. The lowest BCUT2D eigenvalue weighted by atomic mass is 10.0.